The van der Waals surface area contributed by atoms with Crippen LogP contribution in [-0.2, 0) is 4.79 Å². The van der Waals surface area contributed by atoms with Crippen LogP contribution >= 0.6 is 0 Å². The predicted molar refractivity (Wildman–Crippen MR) is 103 cm³/mol. The van der Waals surface area contributed by atoms with Gasteiger partial charge in [0, 0.05) is 12.1 Å². The summed E-state index contributed by atoms with van der Waals surface area (Å²) in [7, 11) is 1.57. The van der Waals surface area contributed by atoms with Gasteiger partial charge in [-0.15, -0.1) is 0 Å². The molecule has 2 rings (SSSR count). The number of carbonyl (C=O) groups is 2. The van der Waals surface area contributed by atoms with Gasteiger partial charge in [0.25, 0.3) is 11.8 Å². The van der Waals surface area contributed by atoms with Gasteiger partial charge in [0.05, 0.1) is 7.11 Å². The van der Waals surface area contributed by atoms with Gasteiger partial charge in [-0.2, -0.15) is 0 Å². The van der Waals surface area contributed by atoms with Crippen molar-refractivity contribution in [1.82, 2.24) is 10.6 Å². The minimum Gasteiger partial charge on any atom is -0.497 e. The van der Waals surface area contributed by atoms with Crippen LogP contribution in [0.4, 0.5) is 0 Å². The largest absolute Gasteiger partial charge is 0.497 e. The van der Waals surface area contributed by atoms with Gasteiger partial charge in [0.15, 0.2) is 0 Å². The molecule has 5 nitrogen and oxygen atoms in total. The zero-order valence-corrected chi connectivity index (χ0v) is 15.1. The molecule has 0 heterocycles. The van der Waals surface area contributed by atoms with E-state index in [0.717, 1.165) is 18.4 Å². The first-order chi connectivity index (χ1) is 12.6. The normalized spacial score (nSPS) is 10.9. The first-order valence-electron chi connectivity index (χ1n) is 8.64. The Kier molecular flexibility index (Phi) is 7.43. The lowest BCUT2D eigenvalue weighted by molar-refractivity contribution is -0.117. The number of hydrogen-bond acceptors (Lipinski definition) is 3. The van der Waals surface area contributed by atoms with Crippen molar-refractivity contribution in [3.05, 3.63) is 71.4 Å². The maximum absolute atomic E-state index is 12.5. The summed E-state index contributed by atoms with van der Waals surface area (Å²) in [6.07, 6.45) is 3.54. The fraction of sp³-hybridized carbons (Fsp3) is 0.238. The molecule has 0 aliphatic heterocycles. The van der Waals surface area contributed by atoms with Crippen LogP contribution in [0.25, 0.3) is 6.08 Å². The molecule has 0 radical (unpaired) electrons. The van der Waals surface area contributed by atoms with Crippen molar-refractivity contribution >= 4 is 17.9 Å². The van der Waals surface area contributed by atoms with E-state index < -0.39 is 0 Å². The molecule has 2 amide bonds. The van der Waals surface area contributed by atoms with Gasteiger partial charge >= 0.3 is 0 Å². The first-order valence-corrected chi connectivity index (χ1v) is 8.64. The standard InChI is InChI=1S/C21H24N2O3/c1-3-4-14-22-21(25)19(15-16-8-6-5-7-9-16)23-20(24)17-10-12-18(26-2)13-11-17/h5-13,15H,3-4,14H2,1-2H3,(H,22,25)(H,23,24)/b19-15-. The number of amides is 2. The van der Waals surface area contributed by atoms with E-state index in [1.54, 1.807) is 37.5 Å². The van der Waals surface area contributed by atoms with Crippen LogP contribution in [0.15, 0.2) is 60.3 Å². The lowest BCUT2D eigenvalue weighted by atomic mass is 10.1. The number of ether oxygens (including phenoxy) is 1. The van der Waals surface area contributed by atoms with Crippen LogP contribution in [-0.4, -0.2) is 25.5 Å². The Labute approximate surface area is 154 Å². The summed E-state index contributed by atoms with van der Waals surface area (Å²) in [5, 5.41) is 5.55. The topological polar surface area (TPSA) is 67.4 Å². The Bertz CT molecular complexity index is 753. The number of benzene rings is 2. The lowest BCUT2D eigenvalue weighted by Crippen LogP contribution is -2.35. The van der Waals surface area contributed by atoms with Gasteiger partial charge in [-0.1, -0.05) is 43.7 Å². The van der Waals surface area contributed by atoms with Crippen molar-refractivity contribution in [2.75, 3.05) is 13.7 Å². The molecule has 26 heavy (non-hydrogen) atoms. The van der Waals surface area contributed by atoms with Crippen molar-refractivity contribution in [2.45, 2.75) is 19.8 Å². The highest BCUT2D eigenvalue weighted by molar-refractivity contribution is 6.05. The van der Waals surface area contributed by atoms with Crippen molar-refractivity contribution in [1.29, 1.82) is 0 Å². The molecular weight excluding hydrogens is 328 g/mol. The predicted octanol–water partition coefficient (Wildman–Crippen LogP) is 3.38. The number of methoxy groups -OCH3 is 1. The number of nitrogens with one attached hydrogen (secondary N) is 2. The third-order valence-electron chi connectivity index (χ3n) is 3.77. The maximum atomic E-state index is 12.5. The van der Waals surface area contributed by atoms with Crippen LogP contribution in [0.5, 0.6) is 5.75 Å². The molecule has 0 aliphatic carbocycles. The molecule has 0 fully saturated rings. The minimum absolute atomic E-state index is 0.216. The van der Waals surface area contributed by atoms with E-state index in [1.807, 2.05) is 30.3 Å². The average molecular weight is 352 g/mol. The molecule has 0 aliphatic rings. The van der Waals surface area contributed by atoms with Crippen LogP contribution < -0.4 is 15.4 Å². The van der Waals surface area contributed by atoms with Crippen LogP contribution in [0, 0.1) is 0 Å². The number of unbranched alkanes of at least 4 members (excludes halogenated alkanes) is 1. The minimum atomic E-state index is -0.347. The smallest absolute Gasteiger partial charge is 0.267 e. The molecule has 0 atom stereocenters. The number of carbonyl (C=O) groups excluding carboxylic acids is 2. The summed E-state index contributed by atoms with van der Waals surface area (Å²) in [5.41, 5.74) is 1.50. The van der Waals surface area contributed by atoms with E-state index in [1.165, 1.54) is 0 Å². The summed E-state index contributed by atoms with van der Waals surface area (Å²) >= 11 is 0. The molecule has 2 N–H and O–H groups in total. The van der Waals surface area contributed by atoms with Gasteiger partial charge in [-0.3, -0.25) is 9.59 Å². The van der Waals surface area contributed by atoms with Gasteiger partial charge in [0.2, 0.25) is 0 Å². The molecule has 2 aromatic carbocycles. The molecule has 136 valence electrons. The average Bonchev–Trinajstić information content (AvgIpc) is 2.68. The van der Waals surface area contributed by atoms with Crippen molar-refractivity contribution < 1.29 is 14.3 Å². The monoisotopic (exact) mass is 352 g/mol. The Morgan fingerprint density at radius 2 is 1.73 bits per heavy atom. The van der Waals surface area contributed by atoms with Crippen LogP contribution in [0.2, 0.25) is 0 Å². The summed E-state index contributed by atoms with van der Waals surface area (Å²) in [5.74, 6) is 0.0172. The SMILES string of the molecule is CCCCNC(=O)/C(=C/c1ccccc1)NC(=O)c1ccc(OC)cc1. The maximum Gasteiger partial charge on any atom is 0.267 e. The van der Waals surface area contributed by atoms with E-state index in [-0.39, 0.29) is 17.5 Å². The second kappa shape index (κ2) is 10.0. The molecular formula is C21H24N2O3. The summed E-state index contributed by atoms with van der Waals surface area (Å²) < 4.78 is 5.09. The van der Waals surface area contributed by atoms with Gasteiger partial charge < -0.3 is 15.4 Å². The number of hydrogen-bond donors (Lipinski definition) is 2. The highest BCUT2D eigenvalue weighted by atomic mass is 16.5. The summed E-state index contributed by atoms with van der Waals surface area (Å²) in [6.45, 7) is 2.62. The molecule has 0 bridgehead atoms. The molecule has 0 aromatic heterocycles. The second-order valence-corrected chi connectivity index (χ2v) is 5.76. The highest BCUT2D eigenvalue weighted by Crippen LogP contribution is 2.12. The van der Waals surface area contributed by atoms with Crippen molar-refractivity contribution in [3.63, 3.8) is 0 Å². The third-order valence-corrected chi connectivity index (χ3v) is 3.77. The zero-order valence-electron chi connectivity index (χ0n) is 15.1. The van der Waals surface area contributed by atoms with Gasteiger partial charge in [-0.05, 0) is 42.3 Å². The van der Waals surface area contributed by atoms with E-state index in [4.69, 9.17) is 4.74 Å². The molecule has 0 saturated carbocycles. The second-order valence-electron chi connectivity index (χ2n) is 5.76. The van der Waals surface area contributed by atoms with Gasteiger partial charge in [-0.25, -0.2) is 0 Å². The highest BCUT2D eigenvalue weighted by Gasteiger charge is 2.14. The van der Waals surface area contributed by atoms with Crippen molar-refractivity contribution in [2.24, 2.45) is 0 Å². The lowest BCUT2D eigenvalue weighted by Gasteiger charge is -2.11. The summed E-state index contributed by atoms with van der Waals surface area (Å²) in [4.78, 5) is 25.0. The Morgan fingerprint density at radius 3 is 2.35 bits per heavy atom. The van der Waals surface area contributed by atoms with Crippen molar-refractivity contribution in [3.8, 4) is 5.75 Å². The van der Waals surface area contributed by atoms with E-state index >= 15 is 0 Å². The van der Waals surface area contributed by atoms with E-state index in [9.17, 15) is 9.59 Å². The Morgan fingerprint density at radius 1 is 1.04 bits per heavy atom. The quantitative estimate of drug-likeness (QED) is 0.565. The third kappa shape index (κ3) is 5.77. The molecule has 0 saturated heterocycles. The zero-order chi connectivity index (χ0) is 18.8. The van der Waals surface area contributed by atoms with Crippen LogP contribution in [0.1, 0.15) is 35.7 Å². The van der Waals surface area contributed by atoms with E-state index in [2.05, 4.69) is 17.6 Å². The summed E-state index contributed by atoms with van der Waals surface area (Å²) in [6, 6.07) is 16.1. The Hall–Kier alpha value is -3.08. The molecule has 0 spiro atoms. The first kappa shape index (κ1) is 19.2. The fourth-order valence-electron chi connectivity index (χ4n) is 2.29. The number of rotatable bonds is 8. The molecule has 2 aromatic rings. The molecule has 0 unspecified atom stereocenters. The van der Waals surface area contributed by atoms with Gasteiger partial charge in [0.1, 0.15) is 11.4 Å². The van der Waals surface area contributed by atoms with E-state index in [0.29, 0.717) is 17.9 Å². The Balaban J connectivity index is 2.18. The fourth-order valence-corrected chi connectivity index (χ4v) is 2.29. The van der Waals surface area contributed by atoms with Crippen LogP contribution in [0.3, 0.4) is 0 Å². The molecule has 5 heteroatoms.